The minimum Gasteiger partial charge on any atom is -0.480 e. The Kier molecular flexibility index (Phi) is 7.88. The van der Waals surface area contributed by atoms with E-state index in [0.717, 1.165) is 4.31 Å². The highest BCUT2D eigenvalue weighted by molar-refractivity contribution is 7.92. The van der Waals surface area contributed by atoms with Crippen LogP contribution in [0.4, 0.5) is 5.69 Å². The molecule has 0 fully saturated rings. The van der Waals surface area contributed by atoms with E-state index in [9.17, 15) is 28.4 Å². The fourth-order valence-corrected chi connectivity index (χ4v) is 6.15. The maximum Gasteiger partial charge on any atom is 0.324 e. The Labute approximate surface area is 228 Å². The van der Waals surface area contributed by atoms with E-state index in [0.29, 0.717) is 21.9 Å². The van der Waals surface area contributed by atoms with E-state index in [-0.39, 0.29) is 32.7 Å². The van der Waals surface area contributed by atoms with Crippen molar-refractivity contribution in [1.29, 1.82) is 5.26 Å². The zero-order chi connectivity index (χ0) is 27.4. The number of carbonyl (C=O) groups excluding carboxylic acids is 1. The van der Waals surface area contributed by atoms with E-state index in [4.69, 9.17) is 23.2 Å². The molecule has 11 heteroatoms. The summed E-state index contributed by atoms with van der Waals surface area (Å²) in [6, 6.07) is 22.1. The highest BCUT2D eigenvalue weighted by Crippen LogP contribution is 2.34. The SMILES string of the molecule is N#Cc1ccccc1CNC(=O)c1cccc2c(N(CC(=O)O)S(=O)(=O)c3cc(Cl)cc(Cl)c3)cccc12. The highest BCUT2D eigenvalue weighted by Gasteiger charge is 2.29. The Hall–Kier alpha value is -4.10. The molecule has 0 aromatic heterocycles. The van der Waals surface area contributed by atoms with Crippen LogP contribution in [0.2, 0.25) is 10.0 Å². The Morgan fingerprint density at radius 1 is 0.921 bits per heavy atom. The molecule has 0 spiro atoms. The predicted molar refractivity (Wildman–Crippen MR) is 145 cm³/mol. The minimum atomic E-state index is -4.42. The molecule has 0 radical (unpaired) electrons. The average molecular weight is 568 g/mol. The molecule has 4 rings (SSSR count). The summed E-state index contributed by atoms with van der Waals surface area (Å²) in [5.74, 6) is -1.83. The fraction of sp³-hybridized carbons (Fsp3) is 0.0741. The topological polar surface area (TPSA) is 128 Å². The van der Waals surface area contributed by atoms with Crippen molar-refractivity contribution in [2.75, 3.05) is 10.8 Å². The maximum atomic E-state index is 13.6. The predicted octanol–water partition coefficient (Wildman–Crippen LogP) is 5.23. The molecule has 0 aliphatic rings. The number of hydrogen-bond acceptors (Lipinski definition) is 5. The third-order valence-corrected chi connectivity index (χ3v) is 7.87. The number of nitrogens with one attached hydrogen (secondary N) is 1. The number of halogens is 2. The summed E-state index contributed by atoms with van der Waals surface area (Å²) in [6.45, 7) is -0.777. The summed E-state index contributed by atoms with van der Waals surface area (Å²) >= 11 is 12.0. The van der Waals surface area contributed by atoms with Crippen LogP contribution in [0.25, 0.3) is 10.8 Å². The number of rotatable bonds is 8. The maximum absolute atomic E-state index is 13.6. The van der Waals surface area contributed by atoms with Gasteiger partial charge in [0.1, 0.15) is 6.54 Å². The number of hydrogen-bond donors (Lipinski definition) is 2. The van der Waals surface area contributed by atoms with E-state index in [1.165, 1.54) is 30.3 Å². The molecule has 192 valence electrons. The summed E-state index contributed by atoms with van der Waals surface area (Å²) in [6.07, 6.45) is 0. The second-order valence-electron chi connectivity index (χ2n) is 8.14. The lowest BCUT2D eigenvalue weighted by molar-refractivity contribution is -0.135. The van der Waals surface area contributed by atoms with Gasteiger partial charge in [0, 0.05) is 27.5 Å². The zero-order valence-electron chi connectivity index (χ0n) is 19.6. The summed E-state index contributed by atoms with van der Waals surface area (Å²) in [5.41, 5.74) is 1.38. The van der Waals surface area contributed by atoms with Crippen molar-refractivity contribution in [3.63, 3.8) is 0 Å². The Morgan fingerprint density at radius 3 is 2.26 bits per heavy atom. The third kappa shape index (κ3) is 5.58. The van der Waals surface area contributed by atoms with E-state index in [1.54, 1.807) is 48.5 Å². The number of carbonyl (C=O) groups is 2. The van der Waals surface area contributed by atoms with Gasteiger partial charge in [0.2, 0.25) is 0 Å². The van der Waals surface area contributed by atoms with Gasteiger partial charge in [0.05, 0.1) is 22.2 Å². The number of nitriles is 1. The molecule has 0 unspecified atom stereocenters. The lowest BCUT2D eigenvalue weighted by Crippen LogP contribution is -2.36. The minimum absolute atomic E-state index is 0.0606. The van der Waals surface area contributed by atoms with Gasteiger partial charge in [-0.1, -0.05) is 65.7 Å². The summed E-state index contributed by atoms with van der Waals surface area (Å²) in [5, 5.41) is 22.5. The van der Waals surface area contributed by atoms with Crippen molar-refractivity contribution in [2.45, 2.75) is 11.4 Å². The molecule has 38 heavy (non-hydrogen) atoms. The average Bonchev–Trinajstić information content (AvgIpc) is 2.89. The first-order chi connectivity index (χ1) is 18.1. The van der Waals surface area contributed by atoms with Gasteiger partial charge in [-0.25, -0.2) is 8.42 Å². The van der Waals surface area contributed by atoms with Gasteiger partial charge in [-0.15, -0.1) is 0 Å². The molecule has 0 atom stereocenters. The smallest absolute Gasteiger partial charge is 0.324 e. The monoisotopic (exact) mass is 567 g/mol. The van der Waals surface area contributed by atoms with Gasteiger partial charge in [0.15, 0.2) is 0 Å². The van der Waals surface area contributed by atoms with Crippen molar-refractivity contribution >= 4 is 61.6 Å². The lowest BCUT2D eigenvalue weighted by atomic mass is 10.0. The molecule has 1 amide bonds. The van der Waals surface area contributed by atoms with E-state index < -0.39 is 28.4 Å². The molecule has 0 aliphatic carbocycles. The van der Waals surface area contributed by atoms with Gasteiger partial charge >= 0.3 is 5.97 Å². The Balaban J connectivity index is 1.77. The van der Waals surface area contributed by atoms with Crippen molar-refractivity contribution < 1.29 is 23.1 Å². The molecule has 8 nitrogen and oxygen atoms in total. The molecule has 0 heterocycles. The van der Waals surface area contributed by atoms with Crippen molar-refractivity contribution in [3.8, 4) is 6.07 Å². The van der Waals surface area contributed by atoms with Crippen LogP contribution in [0.1, 0.15) is 21.5 Å². The number of aliphatic carboxylic acids is 1. The lowest BCUT2D eigenvalue weighted by Gasteiger charge is -2.25. The van der Waals surface area contributed by atoms with Crippen LogP contribution in [-0.2, 0) is 21.4 Å². The number of benzene rings is 4. The van der Waals surface area contributed by atoms with Gasteiger partial charge in [0.25, 0.3) is 15.9 Å². The Morgan fingerprint density at radius 2 is 1.58 bits per heavy atom. The molecule has 2 N–H and O–H groups in total. The van der Waals surface area contributed by atoms with Crippen LogP contribution in [-0.4, -0.2) is 31.9 Å². The second kappa shape index (κ2) is 11.1. The van der Waals surface area contributed by atoms with Crippen LogP contribution in [0.15, 0.2) is 83.8 Å². The van der Waals surface area contributed by atoms with Crippen LogP contribution in [0, 0.1) is 11.3 Å². The number of sulfonamides is 1. The fourth-order valence-electron chi connectivity index (χ4n) is 3.99. The van der Waals surface area contributed by atoms with Crippen molar-refractivity contribution in [3.05, 3.63) is 106 Å². The Bertz CT molecular complexity index is 1700. The summed E-state index contributed by atoms with van der Waals surface area (Å²) < 4.78 is 27.9. The largest absolute Gasteiger partial charge is 0.480 e. The second-order valence-corrected chi connectivity index (χ2v) is 10.9. The summed E-state index contributed by atoms with van der Waals surface area (Å²) in [4.78, 5) is 24.6. The molecule has 0 aliphatic heterocycles. The number of carboxylic acids is 1. The van der Waals surface area contributed by atoms with Crippen LogP contribution in [0.3, 0.4) is 0 Å². The quantitative estimate of drug-likeness (QED) is 0.300. The van der Waals surface area contributed by atoms with Crippen molar-refractivity contribution in [2.24, 2.45) is 0 Å². The normalized spacial score (nSPS) is 11.1. The standard InChI is InChI=1S/C27H19Cl2N3O5S/c28-19-11-20(29)13-21(12-19)38(36,37)32(16-26(33)34)25-10-4-7-22-23(25)8-3-9-24(22)27(35)31-15-18-6-2-1-5-17(18)14-30/h1-13H,15-16H2,(H,31,35)(H,33,34). The number of anilines is 1. The molecule has 0 saturated heterocycles. The molecular formula is C27H19Cl2N3O5S. The van der Waals surface area contributed by atoms with E-state index >= 15 is 0 Å². The number of fused-ring (bicyclic) bond motifs is 1. The molecule has 4 aromatic rings. The van der Waals surface area contributed by atoms with Gasteiger partial charge in [-0.3, -0.25) is 13.9 Å². The van der Waals surface area contributed by atoms with Crippen LogP contribution in [0.5, 0.6) is 0 Å². The summed E-state index contributed by atoms with van der Waals surface area (Å²) in [7, 11) is -4.42. The van der Waals surface area contributed by atoms with Gasteiger partial charge < -0.3 is 10.4 Å². The highest BCUT2D eigenvalue weighted by atomic mass is 35.5. The number of carboxylic acid groups (broad SMARTS) is 1. The van der Waals surface area contributed by atoms with E-state index in [1.807, 2.05) is 0 Å². The van der Waals surface area contributed by atoms with E-state index in [2.05, 4.69) is 11.4 Å². The van der Waals surface area contributed by atoms with Crippen LogP contribution < -0.4 is 9.62 Å². The molecule has 0 bridgehead atoms. The van der Waals surface area contributed by atoms with Crippen LogP contribution >= 0.6 is 23.2 Å². The first-order valence-corrected chi connectivity index (χ1v) is 13.3. The number of amides is 1. The number of nitrogens with zero attached hydrogens (tertiary/aromatic N) is 2. The van der Waals surface area contributed by atoms with Crippen molar-refractivity contribution in [1.82, 2.24) is 5.32 Å². The van der Waals surface area contributed by atoms with Gasteiger partial charge in [-0.05, 0) is 47.3 Å². The third-order valence-electron chi connectivity index (χ3n) is 5.69. The first-order valence-electron chi connectivity index (χ1n) is 11.1. The molecule has 0 saturated carbocycles. The molecular weight excluding hydrogens is 549 g/mol. The molecule has 4 aromatic carbocycles. The zero-order valence-corrected chi connectivity index (χ0v) is 21.9. The van der Waals surface area contributed by atoms with Gasteiger partial charge in [-0.2, -0.15) is 5.26 Å². The first kappa shape index (κ1) is 26.9.